The van der Waals surface area contributed by atoms with Crippen LogP contribution in [0.15, 0.2) is 48.5 Å². The topological polar surface area (TPSA) is 70.7 Å². The average Bonchev–Trinajstić information content (AvgIpc) is 2.71. The Hall–Kier alpha value is -2.84. The monoisotopic (exact) mass is 389 g/mol. The molecule has 28 heavy (non-hydrogen) atoms. The van der Waals surface area contributed by atoms with E-state index in [1.54, 1.807) is 0 Å². The number of anilines is 1. The smallest absolute Gasteiger partial charge is 0.313 e. The number of nitrogens with one attached hydrogen (secondary N) is 2. The number of hydrogen-bond acceptors (Lipinski definition) is 4. The van der Waals surface area contributed by atoms with E-state index in [1.807, 2.05) is 30.3 Å². The lowest BCUT2D eigenvalue weighted by Crippen LogP contribution is -2.44. The summed E-state index contributed by atoms with van der Waals surface area (Å²) in [6.07, 6.45) is -0.0320. The van der Waals surface area contributed by atoms with Crippen molar-refractivity contribution in [1.29, 1.82) is 0 Å². The molecule has 2 aromatic carbocycles. The van der Waals surface area contributed by atoms with E-state index in [-0.39, 0.29) is 18.3 Å². The van der Waals surface area contributed by atoms with E-state index in [9.17, 15) is 18.4 Å². The van der Waals surface area contributed by atoms with Crippen LogP contribution >= 0.6 is 0 Å². The standard InChI is InChI=1S/C20H21F2N3O3/c21-15-6-7-17(16(22)12-15)24-20(27)19(26)23-8-9-25-10-11-28-18(13-25)14-4-2-1-3-5-14/h1-7,12,18H,8-11,13H2,(H,23,26)(H,24,27). The molecule has 0 spiro atoms. The van der Waals surface area contributed by atoms with Crippen LogP contribution in [0.25, 0.3) is 0 Å². The quantitative estimate of drug-likeness (QED) is 0.769. The number of hydrogen-bond donors (Lipinski definition) is 2. The SMILES string of the molecule is O=C(NCCN1CCOC(c2ccccc2)C1)C(=O)Nc1ccc(F)cc1F. The zero-order chi connectivity index (χ0) is 19.9. The van der Waals surface area contributed by atoms with Crippen molar-refractivity contribution in [3.63, 3.8) is 0 Å². The summed E-state index contributed by atoms with van der Waals surface area (Å²) < 4.78 is 32.2. The molecule has 3 rings (SSSR count). The summed E-state index contributed by atoms with van der Waals surface area (Å²) in [5.41, 5.74) is 0.845. The molecule has 148 valence electrons. The number of morpholine rings is 1. The highest BCUT2D eigenvalue weighted by Gasteiger charge is 2.22. The lowest BCUT2D eigenvalue weighted by Gasteiger charge is -2.33. The molecule has 2 aromatic rings. The van der Waals surface area contributed by atoms with Crippen molar-refractivity contribution in [3.05, 3.63) is 65.7 Å². The molecule has 0 aliphatic carbocycles. The van der Waals surface area contributed by atoms with Crippen LogP contribution in [0.5, 0.6) is 0 Å². The highest BCUT2D eigenvalue weighted by atomic mass is 19.1. The van der Waals surface area contributed by atoms with Crippen LogP contribution < -0.4 is 10.6 Å². The van der Waals surface area contributed by atoms with Gasteiger partial charge in [0.25, 0.3) is 0 Å². The van der Waals surface area contributed by atoms with Gasteiger partial charge < -0.3 is 15.4 Å². The van der Waals surface area contributed by atoms with Gasteiger partial charge >= 0.3 is 11.8 Å². The van der Waals surface area contributed by atoms with Gasteiger partial charge in [0.05, 0.1) is 18.4 Å². The summed E-state index contributed by atoms with van der Waals surface area (Å²) >= 11 is 0. The van der Waals surface area contributed by atoms with Crippen LogP contribution in [0.1, 0.15) is 11.7 Å². The average molecular weight is 389 g/mol. The first-order valence-corrected chi connectivity index (χ1v) is 8.96. The summed E-state index contributed by atoms with van der Waals surface area (Å²) in [4.78, 5) is 25.9. The zero-order valence-electron chi connectivity index (χ0n) is 15.2. The molecule has 0 radical (unpaired) electrons. The van der Waals surface area contributed by atoms with E-state index >= 15 is 0 Å². The van der Waals surface area contributed by atoms with Gasteiger partial charge in [0, 0.05) is 32.2 Å². The van der Waals surface area contributed by atoms with Gasteiger partial charge in [0.2, 0.25) is 0 Å². The summed E-state index contributed by atoms with van der Waals surface area (Å²) in [6, 6.07) is 12.6. The van der Waals surface area contributed by atoms with Crippen LogP contribution in [0.3, 0.4) is 0 Å². The largest absolute Gasteiger partial charge is 0.371 e. The van der Waals surface area contributed by atoms with Crippen LogP contribution in [0, 0.1) is 11.6 Å². The van der Waals surface area contributed by atoms with Crippen molar-refractivity contribution in [3.8, 4) is 0 Å². The fraction of sp³-hybridized carbons (Fsp3) is 0.300. The minimum atomic E-state index is -1.00. The Balaban J connectivity index is 1.43. The summed E-state index contributed by atoms with van der Waals surface area (Å²) in [6.45, 7) is 2.81. The molecule has 1 aliphatic heterocycles. The predicted octanol–water partition coefficient (Wildman–Crippen LogP) is 2.09. The second-order valence-electron chi connectivity index (χ2n) is 6.40. The third-order valence-electron chi connectivity index (χ3n) is 4.42. The first kappa shape index (κ1) is 19.9. The molecule has 6 nitrogen and oxygen atoms in total. The van der Waals surface area contributed by atoms with Crippen molar-refractivity contribution in [2.24, 2.45) is 0 Å². The lowest BCUT2D eigenvalue weighted by atomic mass is 10.1. The minimum Gasteiger partial charge on any atom is -0.371 e. The molecule has 2 N–H and O–H groups in total. The third-order valence-corrected chi connectivity index (χ3v) is 4.42. The summed E-state index contributed by atoms with van der Waals surface area (Å²) in [5.74, 6) is -3.59. The second-order valence-corrected chi connectivity index (χ2v) is 6.40. The van der Waals surface area contributed by atoms with Crippen molar-refractivity contribution in [2.45, 2.75) is 6.10 Å². The lowest BCUT2D eigenvalue weighted by molar-refractivity contribution is -0.136. The maximum absolute atomic E-state index is 13.5. The van der Waals surface area contributed by atoms with E-state index in [2.05, 4.69) is 15.5 Å². The fourth-order valence-corrected chi connectivity index (χ4v) is 2.95. The third kappa shape index (κ3) is 5.34. The Morgan fingerprint density at radius 3 is 2.64 bits per heavy atom. The van der Waals surface area contributed by atoms with Crippen molar-refractivity contribution < 1.29 is 23.1 Å². The zero-order valence-corrected chi connectivity index (χ0v) is 15.2. The van der Waals surface area contributed by atoms with E-state index < -0.39 is 23.4 Å². The van der Waals surface area contributed by atoms with Crippen molar-refractivity contribution in [1.82, 2.24) is 10.2 Å². The van der Waals surface area contributed by atoms with Gasteiger partial charge in [-0.1, -0.05) is 30.3 Å². The van der Waals surface area contributed by atoms with Gasteiger partial charge in [0.15, 0.2) is 0 Å². The maximum atomic E-state index is 13.5. The molecule has 1 unspecified atom stereocenters. The molecule has 8 heteroatoms. The Morgan fingerprint density at radius 1 is 1.11 bits per heavy atom. The number of halogens is 2. The number of ether oxygens (including phenoxy) is 1. The van der Waals surface area contributed by atoms with Gasteiger partial charge in [-0.15, -0.1) is 0 Å². The minimum absolute atomic E-state index is 0.0320. The molecule has 1 heterocycles. The van der Waals surface area contributed by atoms with E-state index in [0.29, 0.717) is 25.8 Å². The van der Waals surface area contributed by atoms with Gasteiger partial charge in [-0.3, -0.25) is 14.5 Å². The van der Waals surface area contributed by atoms with Crippen LogP contribution in [0.2, 0.25) is 0 Å². The number of carbonyl (C=O) groups is 2. The number of rotatable bonds is 5. The molecule has 0 bridgehead atoms. The Bertz CT molecular complexity index is 833. The van der Waals surface area contributed by atoms with Gasteiger partial charge in [-0.2, -0.15) is 0 Å². The normalized spacial score (nSPS) is 17.1. The first-order chi connectivity index (χ1) is 13.5. The Labute approximate surface area is 161 Å². The van der Waals surface area contributed by atoms with Crippen molar-refractivity contribution >= 4 is 17.5 Å². The fourth-order valence-electron chi connectivity index (χ4n) is 2.95. The molecule has 2 amide bonds. The Morgan fingerprint density at radius 2 is 1.89 bits per heavy atom. The molecule has 0 saturated carbocycles. The Kier molecular flexibility index (Phi) is 6.67. The van der Waals surface area contributed by atoms with Gasteiger partial charge in [-0.25, -0.2) is 8.78 Å². The highest BCUT2D eigenvalue weighted by molar-refractivity contribution is 6.39. The maximum Gasteiger partial charge on any atom is 0.313 e. The van der Waals surface area contributed by atoms with Crippen LogP contribution in [0.4, 0.5) is 14.5 Å². The number of amides is 2. The molecule has 0 aromatic heterocycles. The first-order valence-electron chi connectivity index (χ1n) is 8.96. The number of benzene rings is 2. The van der Waals surface area contributed by atoms with Crippen LogP contribution in [-0.2, 0) is 14.3 Å². The number of carbonyl (C=O) groups excluding carboxylic acids is 2. The number of nitrogens with zero attached hydrogens (tertiary/aromatic N) is 1. The molecular formula is C20H21F2N3O3. The molecule has 1 saturated heterocycles. The van der Waals surface area contributed by atoms with Gasteiger partial charge in [-0.05, 0) is 17.7 Å². The van der Waals surface area contributed by atoms with E-state index in [4.69, 9.17) is 4.74 Å². The van der Waals surface area contributed by atoms with Crippen molar-refractivity contribution in [2.75, 3.05) is 38.1 Å². The summed E-state index contributed by atoms with van der Waals surface area (Å²) in [5, 5.41) is 4.63. The molecular weight excluding hydrogens is 368 g/mol. The molecule has 1 aliphatic rings. The van der Waals surface area contributed by atoms with E-state index in [1.165, 1.54) is 0 Å². The molecule has 1 fully saturated rings. The predicted molar refractivity (Wildman–Crippen MR) is 99.6 cm³/mol. The van der Waals surface area contributed by atoms with E-state index in [0.717, 1.165) is 24.2 Å². The van der Waals surface area contributed by atoms with Gasteiger partial charge in [0.1, 0.15) is 11.6 Å². The second kappa shape index (κ2) is 9.38. The highest BCUT2D eigenvalue weighted by Crippen LogP contribution is 2.21. The molecule has 1 atom stereocenters. The van der Waals surface area contributed by atoms with Crippen LogP contribution in [-0.4, -0.2) is 49.5 Å². The summed E-state index contributed by atoms with van der Waals surface area (Å²) in [7, 11) is 0.